The summed E-state index contributed by atoms with van der Waals surface area (Å²) in [6.07, 6.45) is 4.61. The van der Waals surface area contributed by atoms with Gasteiger partial charge in [-0.25, -0.2) is 5.43 Å². The van der Waals surface area contributed by atoms with Gasteiger partial charge in [0.15, 0.2) is 0 Å². The number of anilines is 1. The molecule has 1 fully saturated rings. The second-order valence-corrected chi connectivity index (χ2v) is 10.3. The fourth-order valence-corrected chi connectivity index (χ4v) is 5.11. The first-order chi connectivity index (χ1) is 18.2. The second kappa shape index (κ2) is 12.7. The van der Waals surface area contributed by atoms with Gasteiger partial charge in [-0.05, 0) is 62.2 Å². The van der Waals surface area contributed by atoms with Crippen molar-refractivity contribution in [2.24, 2.45) is 11.0 Å². The molecule has 0 saturated carbocycles. The quantitative estimate of drug-likeness (QED) is 0.329. The lowest BCUT2D eigenvalue weighted by Gasteiger charge is -2.19. The van der Waals surface area contributed by atoms with E-state index in [0.29, 0.717) is 30.2 Å². The Morgan fingerprint density at radius 2 is 2.00 bits per heavy atom. The molecule has 37 heavy (non-hydrogen) atoms. The van der Waals surface area contributed by atoms with Gasteiger partial charge in [-0.3, -0.25) is 4.79 Å². The predicted molar refractivity (Wildman–Crippen MR) is 146 cm³/mol. The molecule has 10 heteroatoms. The summed E-state index contributed by atoms with van der Waals surface area (Å²) in [4.78, 5) is 14.0. The molecule has 2 N–H and O–H groups in total. The summed E-state index contributed by atoms with van der Waals surface area (Å²) in [6, 6.07) is 18.6. The Balaban J connectivity index is 1.01. The fraction of sp³-hybridized carbons (Fsp3) is 0.407. The molecule has 2 aliphatic rings. The van der Waals surface area contributed by atoms with Gasteiger partial charge in [-0.1, -0.05) is 18.2 Å². The third-order valence-corrected chi connectivity index (χ3v) is 7.40. The number of hydrogen-bond acceptors (Lipinski definition) is 9. The number of hydrogen-bond donors (Lipinski definition) is 2. The van der Waals surface area contributed by atoms with Crippen molar-refractivity contribution in [3.8, 4) is 17.2 Å². The molecule has 3 aromatic rings. The summed E-state index contributed by atoms with van der Waals surface area (Å²) in [6.45, 7) is 3.54. The van der Waals surface area contributed by atoms with Crippen LogP contribution < -0.4 is 20.4 Å². The van der Waals surface area contributed by atoms with E-state index in [1.807, 2.05) is 42.5 Å². The number of benzene rings is 2. The van der Waals surface area contributed by atoms with Crippen molar-refractivity contribution in [2.45, 2.75) is 31.1 Å². The van der Waals surface area contributed by atoms with Crippen LogP contribution in [-0.4, -0.2) is 60.4 Å². The van der Waals surface area contributed by atoms with Gasteiger partial charge in [0.1, 0.15) is 5.75 Å². The van der Waals surface area contributed by atoms with Crippen LogP contribution in [-0.2, 0) is 10.5 Å². The van der Waals surface area contributed by atoms with Crippen molar-refractivity contribution >= 4 is 29.6 Å². The molecule has 0 radical (unpaired) electrons. The highest BCUT2D eigenvalue weighted by molar-refractivity contribution is 7.98. The van der Waals surface area contributed by atoms with Crippen LogP contribution in [0, 0.1) is 5.92 Å². The lowest BCUT2D eigenvalue weighted by molar-refractivity contribution is -0.122. The van der Waals surface area contributed by atoms with Crippen molar-refractivity contribution in [1.29, 1.82) is 0 Å². The van der Waals surface area contributed by atoms with Crippen LogP contribution in [0.2, 0.25) is 0 Å². The normalized spacial score (nSPS) is 18.9. The van der Waals surface area contributed by atoms with E-state index in [1.165, 1.54) is 5.69 Å². The summed E-state index contributed by atoms with van der Waals surface area (Å²) in [5.74, 6) is 3.49. The van der Waals surface area contributed by atoms with E-state index >= 15 is 0 Å². The van der Waals surface area contributed by atoms with Gasteiger partial charge in [0, 0.05) is 42.3 Å². The zero-order chi connectivity index (χ0) is 25.3. The molecule has 9 nitrogen and oxygen atoms in total. The van der Waals surface area contributed by atoms with Crippen molar-refractivity contribution < 1.29 is 13.9 Å². The molecule has 1 saturated heterocycles. The zero-order valence-electron chi connectivity index (χ0n) is 20.7. The van der Waals surface area contributed by atoms with E-state index in [9.17, 15) is 4.79 Å². The summed E-state index contributed by atoms with van der Waals surface area (Å²) in [7, 11) is 0. The van der Waals surface area contributed by atoms with E-state index in [-0.39, 0.29) is 11.8 Å². The Hall–Kier alpha value is -3.37. The van der Waals surface area contributed by atoms with Crippen molar-refractivity contribution in [3.05, 3.63) is 60.5 Å². The Morgan fingerprint density at radius 1 is 1.14 bits per heavy atom. The molecule has 1 aromatic heterocycles. The lowest BCUT2D eigenvalue weighted by Crippen LogP contribution is -2.33. The second-order valence-electron chi connectivity index (χ2n) is 9.15. The summed E-state index contributed by atoms with van der Waals surface area (Å²) in [5.41, 5.74) is 4.61. The maximum Gasteiger partial charge on any atom is 0.248 e. The van der Waals surface area contributed by atoms with Gasteiger partial charge in [0.25, 0.3) is 0 Å². The predicted octanol–water partition coefficient (Wildman–Crippen LogP) is 3.73. The summed E-state index contributed by atoms with van der Waals surface area (Å²) < 4.78 is 11.6. The van der Waals surface area contributed by atoms with Crippen molar-refractivity contribution in [3.63, 3.8) is 0 Å². The Morgan fingerprint density at radius 3 is 2.81 bits per heavy atom. The molecule has 2 aliphatic heterocycles. The van der Waals surface area contributed by atoms with E-state index in [2.05, 4.69) is 43.1 Å². The minimum absolute atomic E-state index is 0.00997. The van der Waals surface area contributed by atoms with Crippen LogP contribution in [0.3, 0.4) is 0 Å². The number of para-hydroxylation sites is 1. The molecule has 0 spiro atoms. The number of rotatable bonds is 13. The number of ether oxygens (including phenoxy) is 1. The first-order valence-corrected chi connectivity index (χ1v) is 13.9. The van der Waals surface area contributed by atoms with Crippen LogP contribution in [0.25, 0.3) is 11.5 Å². The molecule has 5 rings (SSSR count). The highest BCUT2D eigenvalue weighted by Gasteiger charge is 2.23. The highest BCUT2D eigenvalue weighted by Crippen LogP contribution is 2.26. The molecule has 2 aromatic carbocycles. The summed E-state index contributed by atoms with van der Waals surface area (Å²) >= 11 is 1.71. The molecule has 1 amide bonds. The molecule has 3 heterocycles. The fourth-order valence-electron chi connectivity index (χ4n) is 4.47. The smallest absolute Gasteiger partial charge is 0.248 e. The minimum Gasteiger partial charge on any atom is -0.493 e. The molecule has 2 atom stereocenters. The van der Waals surface area contributed by atoms with Gasteiger partial charge in [-0.2, -0.15) is 5.10 Å². The monoisotopic (exact) mass is 520 g/mol. The van der Waals surface area contributed by atoms with Gasteiger partial charge >= 0.3 is 0 Å². The van der Waals surface area contributed by atoms with Crippen LogP contribution in [0.5, 0.6) is 5.75 Å². The summed E-state index contributed by atoms with van der Waals surface area (Å²) in [5, 5.41) is 15.9. The molecule has 0 bridgehead atoms. The minimum atomic E-state index is -0.0754. The first kappa shape index (κ1) is 25.3. The van der Waals surface area contributed by atoms with Crippen LogP contribution >= 0.6 is 11.8 Å². The average Bonchev–Trinajstić information content (AvgIpc) is 3.69. The first-order valence-electron chi connectivity index (χ1n) is 12.7. The highest BCUT2D eigenvalue weighted by atomic mass is 32.2. The number of aromatic nitrogens is 2. The average molecular weight is 521 g/mol. The molecule has 2 unspecified atom stereocenters. The largest absolute Gasteiger partial charge is 0.493 e. The number of nitrogens with one attached hydrogen (secondary N) is 2. The topological polar surface area (TPSA) is 105 Å². The number of carbonyl (C=O) groups excluding carboxylic acids is 1. The lowest BCUT2D eigenvalue weighted by atomic mass is 10.0. The standard InChI is InChI=1S/C27H32N6O3S/c34-26-21(17-29-31-26)5-4-13-28-22-12-14-33(18-22)23-10-8-20(9-11-23)27-32-30-25(36-27)19-37-16-15-35-24-6-2-1-3-7-24/h1-3,6-11,17,21-22,28H,4-5,12-16,18-19H2,(H,31,34). The van der Waals surface area contributed by atoms with E-state index < -0.39 is 0 Å². The number of carbonyl (C=O) groups is 1. The number of hydrazone groups is 1. The van der Waals surface area contributed by atoms with Gasteiger partial charge in [0.05, 0.1) is 18.3 Å². The molecular weight excluding hydrogens is 488 g/mol. The Bertz CT molecular complexity index is 1170. The van der Waals surface area contributed by atoms with Gasteiger partial charge in [0.2, 0.25) is 17.7 Å². The maximum absolute atomic E-state index is 11.6. The van der Waals surface area contributed by atoms with Crippen molar-refractivity contribution in [1.82, 2.24) is 20.9 Å². The third-order valence-electron chi connectivity index (χ3n) is 6.49. The number of amides is 1. The third kappa shape index (κ3) is 7.11. The van der Waals surface area contributed by atoms with E-state index in [4.69, 9.17) is 9.15 Å². The molecule has 0 aliphatic carbocycles. The Kier molecular flexibility index (Phi) is 8.70. The zero-order valence-corrected chi connectivity index (χ0v) is 21.5. The molecular formula is C27H32N6O3S. The van der Waals surface area contributed by atoms with Crippen LogP contribution in [0.4, 0.5) is 5.69 Å². The van der Waals surface area contributed by atoms with Crippen molar-refractivity contribution in [2.75, 3.05) is 36.9 Å². The Labute approximate surface area is 221 Å². The van der Waals surface area contributed by atoms with E-state index in [0.717, 1.165) is 56.0 Å². The number of nitrogens with zero attached hydrogens (tertiary/aromatic N) is 4. The maximum atomic E-state index is 11.6. The van der Waals surface area contributed by atoms with Crippen LogP contribution in [0.15, 0.2) is 64.1 Å². The van der Waals surface area contributed by atoms with Gasteiger partial charge < -0.3 is 19.4 Å². The van der Waals surface area contributed by atoms with E-state index in [1.54, 1.807) is 18.0 Å². The molecule has 194 valence electrons. The van der Waals surface area contributed by atoms with Crippen LogP contribution in [0.1, 0.15) is 25.2 Å². The SMILES string of the molecule is O=C1NN=CC1CCCNC1CCN(c2ccc(-c3nnc(CSCCOc4ccccc4)o3)cc2)C1. The number of thioether (sulfide) groups is 1. The van der Waals surface area contributed by atoms with Gasteiger partial charge in [-0.15, -0.1) is 22.0 Å².